The summed E-state index contributed by atoms with van der Waals surface area (Å²) in [5.74, 6) is -0.458. The van der Waals surface area contributed by atoms with E-state index in [4.69, 9.17) is 9.84 Å². The molecule has 0 atom stereocenters. The van der Waals surface area contributed by atoms with Crippen LogP contribution in [0.15, 0.2) is 42.5 Å². The van der Waals surface area contributed by atoms with Crippen molar-refractivity contribution in [2.75, 3.05) is 7.11 Å². The van der Waals surface area contributed by atoms with Crippen LogP contribution in [0.1, 0.15) is 10.4 Å². The molecule has 2 aromatic rings. The van der Waals surface area contributed by atoms with Crippen LogP contribution in [0.4, 0.5) is 0 Å². The fourth-order valence-electron chi connectivity index (χ4n) is 1.70. The number of carboxylic acids is 1. The number of phenols is 1. The Morgan fingerprint density at radius 1 is 1.17 bits per heavy atom. The molecule has 0 fully saturated rings. The quantitative estimate of drug-likeness (QED) is 0.871. The maximum atomic E-state index is 10.8. The first-order valence-corrected chi connectivity index (χ1v) is 5.32. The number of carboxylic acid groups (broad SMARTS) is 1. The van der Waals surface area contributed by atoms with Crippen molar-refractivity contribution >= 4 is 5.97 Å². The van der Waals surface area contributed by atoms with Crippen molar-refractivity contribution in [1.29, 1.82) is 0 Å². The van der Waals surface area contributed by atoms with Gasteiger partial charge < -0.3 is 14.9 Å². The molecular weight excluding hydrogens is 232 g/mol. The molecular formula is C14H12O4. The molecule has 0 bridgehead atoms. The Bertz CT molecular complexity index is 590. The Morgan fingerprint density at radius 2 is 1.94 bits per heavy atom. The van der Waals surface area contributed by atoms with E-state index in [0.29, 0.717) is 11.3 Å². The van der Waals surface area contributed by atoms with Crippen LogP contribution in [-0.4, -0.2) is 23.3 Å². The largest absolute Gasteiger partial charge is 0.507 e. The van der Waals surface area contributed by atoms with Gasteiger partial charge in [-0.1, -0.05) is 12.1 Å². The van der Waals surface area contributed by atoms with E-state index in [9.17, 15) is 9.90 Å². The summed E-state index contributed by atoms with van der Waals surface area (Å²) in [6, 6.07) is 11.5. The molecule has 2 rings (SSSR count). The molecule has 4 nitrogen and oxygen atoms in total. The first kappa shape index (κ1) is 12.0. The molecule has 0 saturated carbocycles. The third kappa shape index (κ3) is 2.27. The SMILES string of the molecule is COc1cccc(-c2ccc(C(=O)O)cc2O)c1. The third-order valence-corrected chi connectivity index (χ3v) is 2.63. The summed E-state index contributed by atoms with van der Waals surface area (Å²) < 4.78 is 5.10. The minimum atomic E-state index is -1.07. The molecule has 0 heterocycles. The zero-order valence-electron chi connectivity index (χ0n) is 9.75. The molecule has 0 aliphatic carbocycles. The van der Waals surface area contributed by atoms with Crippen molar-refractivity contribution in [3.05, 3.63) is 48.0 Å². The van der Waals surface area contributed by atoms with E-state index in [1.54, 1.807) is 31.4 Å². The average Bonchev–Trinajstić information content (AvgIpc) is 2.38. The second-order valence-corrected chi connectivity index (χ2v) is 3.77. The second kappa shape index (κ2) is 4.79. The lowest BCUT2D eigenvalue weighted by Crippen LogP contribution is -1.95. The van der Waals surface area contributed by atoms with Crippen LogP contribution < -0.4 is 4.74 Å². The summed E-state index contributed by atoms with van der Waals surface area (Å²) in [5.41, 5.74) is 1.39. The van der Waals surface area contributed by atoms with E-state index >= 15 is 0 Å². The molecule has 2 N–H and O–H groups in total. The zero-order chi connectivity index (χ0) is 13.1. The molecule has 0 amide bonds. The van der Waals surface area contributed by atoms with E-state index in [2.05, 4.69) is 0 Å². The number of aromatic hydroxyl groups is 1. The molecule has 0 aliphatic heterocycles. The van der Waals surface area contributed by atoms with Gasteiger partial charge in [0.25, 0.3) is 0 Å². The van der Waals surface area contributed by atoms with Crippen molar-refractivity contribution in [1.82, 2.24) is 0 Å². The minimum Gasteiger partial charge on any atom is -0.507 e. The Kier molecular flexibility index (Phi) is 3.19. The predicted octanol–water partition coefficient (Wildman–Crippen LogP) is 2.77. The number of methoxy groups -OCH3 is 1. The average molecular weight is 244 g/mol. The van der Waals surface area contributed by atoms with E-state index in [1.165, 1.54) is 12.1 Å². The molecule has 92 valence electrons. The van der Waals surface area contributed by atoms with Crippen molar-refractivity contribution in [3.8, 4) is 22.6 Å². The van der Waals surface area contributed by atoms with Gasteiger partial charge in [0.05, 0.1) is 12.7 Å². The van der Waals surface area contributed by atoms with Crippen molar-refractivity contribution < 1.29 is 19.7 Å². The predicted molar refractivity (Wildman–Crippen MR) is 67.1 cm³/mol. The summed E-state index contributed by atoms with van der Waals surface area (Å²) in [6.45, 7) is 0. The van der Waals surface area contributed by atoms with Crippen LogP contribution in [0.25, 0.3) is 11.1 Å². The highest BCUT2D eigenvalue weighted by Crippen LogP contribution is 2.31. The number of phenolic OH excluding ortho intramolecular Hbond substituents is 1. The van der Waals surface area contributed by atoms with E-state index in [0.717, 1.165) is 5.56 Å². The lowest BCUT2D eigenvalue weighted by Gasteiger charge is -2.07. The molecule has 0 unspecified atom stereocenters. The van der Waals surface area contributed by atoms with E-state index in [1.807, 2.05) is 6.07 Å². The Balaban J connectivity index is 2.47. The van der Waals surface area contributed by atoms with Crippen LogP contribution in [-0.2, 0) is 0 Å². The van der Waals surface area contributed by atoms with Gasteiger partial charge >= 0.3 is 5.97 Å². The summed E-state index contributed by atoms with van der Waals surface area (Å²) in [7, 11) is 1.56. The number of aromatic carboxylic acids is 1. The molecule has 0 spiro atoms. The second-order valence-electron chi connectivity index (χ2n) is 3.77. The van der Waals surface area contributed by atoms with Crippen molar-refractivity contribution in [2.24, 2.45) is 0 Å². The number of carbonyl (C=O) groups is 1. The van der Waals surface area contributed by atoms with Gasteiger partial charge in [0.2, 0.25) is 0 Å². The van der Waals surface area contributed by atoms with Crippen molar-refractivity contribution in [3.63, 3.8) is 0 Å². The molecule has 0 saturated heterocycles. The Hall–Kier alpha value is -2.49. The van der Waals surface area contributed by atoms with Crippen LogP contribution in [0.5, 0.6) is 11.5 Å². The van der Waals surface area contributed by atoms with Crippen molar-refractivity contribution in [2.45, 2.75) is 0 Å². The molecule has 0 radical (unpaired) electrons. The monoisotopic (exact) mass is 244 g/mol. The Morgan fingerprint density at radius 3 is 2.56 bits per heavy atom. The van der Waals surface area contributed by atoms with E-state index in [-0.39, 0.29) is 11.3 Å². The molecule has 0 aromatic heterocycles. The van der Waals surface area contributed by atoms with Crippen LogP contribution in [0, 0.1) is 0 Å². The molecule has 18 heavy (non-hydrogen) atoms. The van der Waals surface area contributed by atoms with E-state index < -0.39 is 5.97 Å². The number of hydrogen-bond acceptors (Lipinski definition) is 3. The standard InChI is InChI=1S/C14H12O4/c1-18-11-4-2-3-9(7-11)12-6-5-10(14(16)17)8-13(12)15/h2-8,15H,1H3,(H,16,17). The Labute approximate surface area is 104 Å². The van der Waals surface area contributed by atoms with Crippen LogP contribution >= 0.6 is 0 Å². The fourth-order valence-corrected chi connectivity index (χ4v) is 1.70. The normalized spacial score (nSPS) is 10.1. The highest BCUT2D eigenvalue weighted by atomic mass is 16.5. The summed E-state index contributed by atoms with van der Waals surface area (Å²) in [6.07, 6.45) is 0. The van der Waals surface area contributed by atoms with Gasteiger partial charge in [-0.3, -0.25) is 0 Å². The van der Waals surface area contributed by atoms with Gasteiger partial charge in [0, 0.05) is 5.56 Å². The number of benzene rings is 2. The minimum absolute atomic E-state index is 0.0548. The third-order valence-electron chi connectivity index (χ3n) is 2.63. The lowest BCUT2D eigenvalue weighted by molar-refractivity contribution is 0.0696. The maximum Gasteiger partial charge on any atom is 0.335 e. The van der Waals surface area contributed by atoms with Gasteiger partial charge in [0.1, 0.15) is 11.5 Å². The topological polar surface area (TPSA) is 66.8 Å². The van der Waals surface area contributed by atoms with Crippen LogP contribution in [0.3, 0.4) is 0 Å². The fraction of sp³-hybridized carbons (Fsp3) is 0.0714. The van der Waals surface area contributed by atoms with Gasteiger partial charge in [0.15, 0.2) is 0 Å². The van der Waals surface area contributed by atoms with Gasteiger partial charge in [-0.2, -0.15) is 0 Å². The first-order valence-electron chi connectivity index (χ1n) is 5.32. The van der Waals surface area contributed by atoms with Crippen LogP contribution in [0.2, 0.25) is 0 Å². The number of hydrogen-bond donors (Lipinski definition) is 2. The summed E-state index contributed by atoms with van der Waals surface area (Å²) >= 11 is 0. The first-order chi connectivity index (χ1) is 8.61. The highest BCUT2D eigenvalue weighted by molar-refractivity contribution is 5.89. The van der Waals surface area contributed by atoms with Gasteiger partial charge in [-0.15, -0.1) is 0 Å². The zero-order valence-corrected chi connectivity index (χ0v) is 9.75. The number of rotatable bonds is 3. The van der Waals surface area contributed by atoms with Gasteiger partial charge in [-0.05, 0) is 35.9 Å². The summed E-state index contributed by atoms with van der Waals surface area (Å²) in [5, 5.41) is 18.7. The molecule has 2 aromatic carbocycles. The number of ether oxygens (including phenoxy) is 1. The molecule has 0 aliphatic rings. The smallest absolute Gasteiger partial charge is 0.335 e. The molecule has 4 heteroatoms. The van der Waals surface area contributed by atoms with Gasteiger partial charge in [-0.25, -0.2) is 4.79 Å². The highest BCUT2D eigenvalue weighted by Gasteiger charge is 2.09. The lowest BCUT2D eigenvalue weighted by atomic mass is 10.0. The maximum absolute atomic E-state index is 10.8. The summed E-state index contributed by atoms with van der Waals surface area (Å²) in [4.78, 5) is 10.8.